The number of carbonyl (C=O) groups excluding carboxylic acids is 1. The Morgan fingerprint density at radius 3 is 2.74 bits per heavy atom. The number of para-hydroxylation sites is 2. The Morgan fingerprint density at radius 1 is 1.29 bits per heavy atom. The summed E-state index contributed by atoms with van der Waals surface area (Å²) < 4.78 is 0. The number of phenolic OH excluding ortho intramolecular Hbond substituents is 1. The summed E-state index contributed by atoms with van der Waals surface area (Å²) >= 11 is 5.65. The van der Waals surface area contributed by atoms with Crippen LogP contribution in [0.5, 0.6) is 5.75 Å². The number of hydrogen-bond donors (Lipinski definition) is 4. The van der Waals surface area contributed by atoms with Gasteiger partial charge in [-0.25, -0.2) is 4.98 Å². The molecule has 3 aromatic rings. The molecule has 8 heteroatoms. The maximum absolute atomic E-state index is 12.8. The van der Waals surface area contributed by atoms with Crippen molar-refractivity contribution in [2.45, 2.75) is 39.7 Å². The number of amides is 1. The molecule has 166 valence electrons. The fraction of sp³-hybridized carbons (Fsp3) is 0.348. The van der Waals surface area contributed by atoms with Crippen molar-refractivity contribution in [1.29, 1.82) is 0 Å². The third-order valence-electron chi connectivity index (χ3n) is 4.54. The minimum Gasteiger partial charge on any atom is -0.507 e. The number of aryl methyl sites for hydroxylation is 1. The number of fused-ring (bicyclic) bond motifs is 1. The number of aromatic nitrogens is 2. The predicted octanol–water partition coefficient (Wildman–Crippen LogP) is 4.45. The lowest BCUT2D eigenvalue weighted by Gasteiger charge is -2.17. The zero-order valence-corrected chi connectivity index (χ0v) is 18.9. The van der Waals surface area contributed by atoms with Crippen molar-refractivity contribution in [2.24, 2.45) is 10.7 Å². The molecular formula is C23H30ClN5O2. The summed E-state index contributed by atoms with van der Waals surface area (Å²) in [5.74, 6) is 0.814. The number of phenols is 1. The number of imidazole rings is 1. The maximum Gasteiger partial charge on any atom is 0.255 e. The van der Waals surface area contributed by atoms with E-state index in [0.717, 1.165) is 16.6 Å². The first-order valence-electron chi connectivity index (χ1n) is 10.4. The van der Waals surface area contributed by atoms with Gasteiger partial charge in [0.05, 0.1) is 28.5 Å². The van der Waals surface area contributed by atoms with Crippen molar-refractivity contribution in [2.75, 3.05) is 12.4 Å². The smallest absolute Gasteiger partial charge is 0.255 e. The molecule has 0 aliphatic carbocycles. The van der Waals surface area contributed by atoms with E-state index in [0.29, 0.717) is 31.0 Å². The van der Waals surface area contributed by atoms with E-state index in [4.69, 9.17) is 17.3 Å². The van der Waals surface area contributed by atoms with Gasteiger partial charge in [-0.2, -0.15) is 0 Å². The number of nitrogens with one attached hydrogen (secondary N) is 2. The fourth-order valence-electron chi connectivity index (χ4n) is 3.04. The van der Waals surface area contributed by atoms with Crippen molar-refractivity contribution in [3.05, 3.63) is 59.4 Å². The van der Waals surface area contributed by atoms with Crippen molar-refractivity contribution < 1.29 is 9.90 Å². The number of carbonyl (C=O) groups is 1. The fourth-order valence-corrected chi connectivity index (χ4v) is 3.13. The standard InChI is InChI=1S/C21H24ClN5O2.C2H6/c1-13-8-9-18(28)14(11-13)21(29)27-17(7-4-10-24-19(23)12-22)20-25-15-5-2-3-6-16(15)26-20;1-2/h2-3,5-6,8-9,11,17,28H,4,7,10,12H2,1H3,(H2,23,24)(H,25,26)(H,27,29);1-2H3. The summed E-state index contributed by atoms with van der Waals surface area (Å²) in [6, 6.07) is 12.2. The first-order chi connectivity index (χ1) is 15.0. The SMILES string of the molecule is CC.Cc1ccc(O)c(C(=O)NC(CCCN=C(N)CCl)c2nc3ccccc3[nH]2)c1. The Kier molecular flexibility index (Phi) is 9.34. The molecule has 0 saturated heterocycles. The van der Waals surface area contributed by atoms with Gasteiger partial charge in [0.1, 0.15) is 17.4 Å². The van der Waals surface area contributed by atoms with E-state index in [1.165, 1.54) is 6.07 Å². The van der Waals surface area contributed by atoms with Crippen molar-refractivity contribution in [3.63, 3.8) is 0 Å². The Labute approximate surface area is 187 Å². The third-order valence-corrected chi connectivity index (χ3v) is 4.82. The molecule has 0 aliphatic heterocycles. The molecule has 1 aromatic heterocycles. The Balaban J connectivity index is 0.00000166. The predicted molar refractivity (Wildman–Crippen MR) is 127 cm³/mol. The number of H-pyrrole nitrogens is 1. The maximum atomic E-state index is 12.8. The average molecular weight is 444 g/mol. The molecule has 3 rings (SSSR count). The van der Waals surface area contributed by atoms with E-state index >= 15 is 0 Å². The van der Waals surface area contributed by atoms with Gasteiger partial charge < -0.3 is 21.1 Å². The van der Waals surface area contributed by atoms with E-state index in [2.05, 4.69) is 20.3 Å². The molecule has 31 heavy (non-hydrogen) atoms. The second kappa shape index (κ2) is 12.0. The summed E-state index contributed by atoms with van der Waals surface area (Å²) in [5, 5.41) is 13.1. The number of amidine groups is 1. The average Bonchev–Trinajstić information content (AvgIpc) is 3.22. The van der Waals surface area contributed by atoms with E-state index in [1.54, 1.807) is 12.1 Å². The summed E-state index contributed by atoms with van der Waals surface area (Å²) in [6.45, 7) is 6.37. The molecule has 1 atom stereocenters. The van der Waals surface area contributed by atoms with Gasteiger partial charge in [-0.15, -0.1) is 11.6 Å². The molecule has 5 N–H and O–H groups in total. The van der Waals surface area contributed by atoms with Gasteiger partial charge in [0, 0.05) is 6.54 Å². The van der Waals surface area contributed by atoms with E-state index < -0.39 is 0 Å². The van der Waals surface area contributed by atoms with E-state index in [9.17, 15) is 9.90 Å². The van der Waals surface area contributed by atoms with Gasteiger partial charge in [0.2, 0.25) is 0 Å². The van der Waals surface area contributed by atoms with Gasteiger partial charge >= 0.3 is 0 Å². The van der Waals surface area contributed by atoms with Crippen LogP contribution in [0.1, 0.15) is 54.5 Å². The highest BCUT2D eigenvalue weighted by Crippen LogP contribution is 2.23. The number of rotatable bonds is 8. The van der Waals surface area contributed by atoms with Crippen LogP contribution in [0.15, 0.2) is 47.5 Å². The molecule has 1 amide bonds. The number of aromatic hydroxyl groups is 1. The molecule has 2 aromatic carbocycles. The van der Waals surface area contributed by atoms with Crippen LogP contribution in [0.25, 0.3) is 11.0 Å². The second-order valence-electron chi connectivity index (χ2n) is 6.83. The highest BCUT2D eigenvalue weighted by Gasteiger charge is 2.21. The summed E-state index contributed by atoms with van der Waals surface area (Å²) in [6.07, 6.45) is 1.27. The number of aromatic amines is 1. The van der Waals surface area contributed by atoms with Crippen molar-refractivity contribution >= 4 is 34.4 Å². The lowest BCUT2D eigenvalue weighted by atomic mass is 10.1. The number of nitrogens with zero attached hydrogens (tertiary/aromatic N) is 2. The Bertz CT molecular complexity index is 999. The first kappa shape index (κ1) is 24.2. The van der Waals surface area contributed by atoms with Crippen molar-refractivity contribution in [3.8, 4) is 5.75 Å². The minimum atomic E-state index is -0.373. The summed E-state index contributed by atoms with van der Waals surface area (Å²) in [7, 11) is 0. The van der Waals surface area contributed by atoms with Crippen LogP contribution in [-0.4, -0.2) is 39.2 Å². The molecule has 0 fully saturated rings. The van der Waals surface area contributed by atoms with Crippen molar-refractivity contribution in [1.82, 2.24) is 15.3 Å². The summed E-state index contributed by atoms with van der Waals surface area (Å²) in [5.41, 5.74) is 8.48. The third kappa shape index (κ3) is 6.72. The van der Waals surface area contributed by atoms with Gasteiger partial charge in [-0.05, 0) is 44.0 Å². The van der Waals surface area contributed by atoms with Crippen LogP contribution in [-0.2, 0) is 0 Å². The van der Waals surface area contributed by atoms with Crippen LogP contribution in [0.4, 0.5) is 0 Å². The molecule has 0 bridgehead atoms. The van der Waals surface area contributed by atoms with E-state index in [1.807, 2.05) is 45.0 Å². The Hall–Kier alpha value is -3.06. The number of aliphatic imine (C=N–C) groups is 1. The van der Waals surface area contributed by atoms with Gasteiger partial charge in [0.15, 0.2) is 0 Å². The van der Waals surface area contributed by atoms with Crippen LogP contribution in [0.3, 0.4) is 0 Å². The molecule has 7 nitrogen and oxygen atoms in total. The lowest BCUT2D eigenvalue weighted by molar-refractivity contribution is 0.0929. The highest BCUT2D eigenvalue weighted by atomic mass is 35.5. The van der Waals surface area contributed by atoms with Crippen LogP contribution >= 0.6 is 11.6 Å². The number of alkyl halides is 1. The van der Waals surface area contributed by atoms with Gasteiger partial charge in [-0.3, -0.25) is 9.79 Å². The summed E-state index contributed by atoms with van der Waals surface area (Å²) in [4.78, 5) is 24.9. The number of halogens is 1. The molecule has 1 unspecified atom stereocenters. The topological polar surface area (TPSA) is 116 Å². The number of nitrogens with two attached hydrogens (primary N) is 1. The normalized spacial score (nSPS) is 12.2. The largest absolute Gasteiger partial charge is 0.507 e. The molecule has 0 spiro atoms. The minimum absolute atomic E-state index is 0.0593. The monoisotopic (exact) mass is 443 g/mol. The highest BCUT2D eigenvalue weighted by molar-refractivity contribution is 6.27. The van der Waals surface area contributed by atoms with Gasteiger partial charge in [0.25, 0.3) is 5.91 Å². The van der Waals surface area contributed by atoms with Gasteiger partial charge in [-0.1, -0.05) is 37.6 Å². The van der Waals surface area contributed by atoms with Crippen LogP contribution < -0.4 is 11.1 Å². The zero-order chi connectivity index (χ0) is 22.8. The molecule has 0 radical (unpaired) electrons. The molecule has 0 saturated carbocycles. The van der Waals surface area contributed by atoms with Crippen LogP contribution in [0, 0.1) is 6.92 Å². The quantitative estimate of drug-likeness (QED) is 0.178. The first-order valence-corrected chi connectivity index (χ1v) is 10.9. The lowest BCUT2D eigenvalue weighted by Crippen LogP contribution is -2.29. The number of hydrogen-bond acceptors (Lipinski definition) is 4. The van der Waals surface area contributed by atoms with Crippen LogP contribution in [0.2, 0.25) is 0 Å². The Morgan fingerprint density at radius 2 is 2.03 bits per heavy atom. The molecule has 1 heterocycles. The zero-order valence-electron chi connectivity index (χ0n) is 18.2. The second-order valence-corrected chi connectivity index (χ2v) is 7.10. The molecular weight excluding hydrogens is 414 g/mol. The van der Waals surface area contributed by atoms with E-state index in [-0.39, 0.29) is 29.1 Å². The molecule has 0 aliphatic rings. The number of benzene rings is 2.